The third kappa shape index (κ3) is 4.00. The number of halogens is 1. The molecule has 9 heteroatoms. The van der Waals surface area contributed by atoms with Gasteiger partial charge in [0, 0.05) is 26.2 Å². The first-order valence-corrected chi connectivity index (χ1v) is 9.99. The normalized spacial score (nSPS) is 16.0. The maximum Gasteiger partial charge on any atom is 0.260 e. The zero-order valence-electron chi connectivity index (χ0n) is 13.3. The zero-order valence-corrected chi connectivity index (χ0v) is 14.9. The summed E-state index contributed by atoms with van der Waals surface area (Å²) in [5.41, 5.74) is 0. The summed E-state index contributed by atoms with van der Waals surface area (Å²) in [7, 11) is -3.50. The maximum atomic E-state index is 13.5. The van der Waals surface area contributed by atoms with Gasteiger partial charge in [-0.1, -0.05) is 18.2 Å². The number of amides is 1. The molecule has 0 saturated carbocycles. The van der Waals surface area contributed by atoms with Gasteiger partial charge in [0.2, 0.25) is 0 Å². The van der Waals surface area contributed by atoms with Gasteiger partial charge in [-0.2, -0.15) is 4.31 Å². The second kappa shape index (κ2) is 7.51. The topological polar surface area (TPSA) is 66.9 Å². The van der Waals surface area contributed by atoms with Crippen molar-refractivity contribution in [2.24, 2.45) is 0 Å². The third-order valence-electron chi connectivity index (χ3n) is 3.87. The molecule has 0 radical (unpaired) electrons. The van der Waals surface area contributed by atoms with Crippen LogP contribution in [0.5, 0.6) is 5.75 Å². The molecule has 0 N–H and O–H groups in total. The van der Waals surface area contributed by atoms with Gasteiger partial charge in [0.25, 0.3) is 15.9 Å². The van der Waals surface area contributed by atoms with E-state index < -0.39 is 15.8 Å². The minimum atomic E-state index is -3.50. The number of carbonyl (C=O) groups is 1. The number of benzene rings is 1. The Labute approximate surface area is 149 Å². The van der Waals surface area contributed by atoms with Crippen LogP contribution in [0.15, 0.2) is 46.0 Å². The number of para-hydroxylation sites is 1. The highest BCUT2D eigenvalue weighted by Crippen LogP contribution is 2.22. The first kappa shape index (κ1) is 17.8. The molecule has 1 aliphatic heterocycles. The molecule has 25 heavy (non-hydrogen) atoms. The van der Waals surface area contributed by atoms with Crippen LogP contribution in [0.2, 0.25) is 0 Å². The molecule has 0 atom stereocenters. The van der Waals surface area contributed by atoms with Gasteiger partial charge in [-0.3, -0.25) is 4.79 Å². The van der Waals surface area contributed by atoms with Gasteiger partial charge in [-0.25, -0.2) is 12.8 Å². The number of nitrogens with zero attached hydrogens (tertiary/aromatic N) is 2. The Morgan fingerprint density at radius 1 is 1.12 bits per heavy atom. The molecule has 1 aromatic carbocycles. The second-order valence-electron chi connectivity index (χ2n) is 5.44. The van der Waals surface area contributed by atoms with Crippen molar-refractivity contribution in [3.8, 4) is 5.75 Å². The molecule has 1 aliphatic rings. The summed E-state index contributed by atoms with van der Waals surface area (Å²) < 4.78 is 45.2. The van der Waals surface area contributed by atoms with Crippen LogP contribution in [0.25, 0.3) is 0 Å². The number of ether oxygens (including phenoxy) is 1. The van der Waals surface area contributed by atoms with Crippen LogP contribution in [0.4, 0.5) is 4.39 Å². The molecule has 3 rings (SSSR count). The molecule has 1 amide bonds. The van der Waals surface area contributed by atoms with Gasteiger partial charge >= 0.3 is 0 Å². The number of piperazine rings is 1. The summed E-state index contributed by atoms with van der Waals surface area (Å²) >= 11 is 1.17. The van der Waals surface area contributed by atoms with E-state index in [0.717, 1.165) is 0 Å². The Morgan fingerprint density at radius 3 is 2.48 bits per heavy atom. The van der Waals surface area contributed by atoms with Crippen molar-refractivity contribution < 1.29 is 22.3 Å². The largest absolute Gasteiger partial charge is 0.481 e. The first-order chi connectivity index (χ1) is 12.0. The minimum Gasteiger partial charge on any atom is -0.481 e. The predicted molar refractivity (Wildman–Crippen MR) is 91.6 cm³/mol. The maximum absolute atomic E-state index is 13.5. The molecule has 1 aromatic heterocycles. The Balaban J connectivity index is 1.54. The van der Waals surface area contributed by atoms with Crippen molar-refractivity contribution >= 4 is 27.3 Å². The van der Waals surface area contributed by atoms with E-state index in [0.29, 0.717) is 4.21 Å². The van der Waals surface area contributed by atoms with E-state index in [1.807, 2.05) is 0 Å². The minimum absolute atomic E-state index is 0.0229. The Hall–Kier alpha value is -1.97. The lowest BCUT2D eigenvalue weighted by atomic mass is 10.3. The fourth-order valence-electron chi connectivity index (χ4n) is 2.51. The standard InChI is InChI=1S/C16H17FN2O4S2/c17-13-4-1-2-5-14(13)23-12-15(20)18-7-9-19(10-8-18)25(21,22)16-6-3-11-24-16/h1-6,11H,7-10,12H2. The highest BCUT2D eigenvalue weighted by molar-refractivity contribution is 7.91. The van der Waals surface area contributed by atoms with E-state index in [4.69, 9.17) is 4.74 Å². The molecule has 0 spiro atoms. The molecule has 0 bridgehead atoms. The average molecular weight is 384 g/mol. The third-order valence-corrected chi connectivity index (χ3v) is 7.14. The number of rotatable bonds is 5. The van der Waals surface area contributed by atoms with Gasteiger partial charge in [-0.15, -0.1) is 11.3 Å². The predicted octanol–water partition coefficient (Wildman–Crippen LogP) is 1.80. The molecular weight excluding hydrogens is 367 g/mol. The summed E-state index contributed by atoms with van der Waals surface area (Å²) in [5.74, 6) is -0.798. The van der Waals surface area contributed by atoms with Crippen LogP contribution >= 0.6 is 11.3 Å². The fourth-order valence-corrected chi connectivity index (χ4v) is 5.07. The van der Waals surface area contributed by atoms with E-state index >= 15 is 0 Å². The summed E-state index contributed by atoms with van der Waals surface area (Å²) in [6.07, 6.45) is 0. The van der Waals surface area contributed by atoms with Crippen LogP contribution in [-0.2, 0) is 14.8 Å². The van der Waals surface area contributed by atoms with E-state index in [2.05, 4.69) is 0 Å². The van der Waals surface area contributed by atoms with E-state index in [1.54, 1.807) is 23.6 Å². The lowest BCUT2D eigenvalue weighted by molar-refractivity contribution is -0.134. The molecule has 134 valence electrons. The molecule has 0 unspecified atom stereocenters. The van der Waals surface area contributed by atoms with Crippen LogP contribution < -0.4 is 4.74 Å². The van der Waals surface area contributed by atoms with Gasteiger partial charge < -0.3 is 9.64 Å². The monoisotopic (exact) mass is 384 g/mol. The molecular formula is C16H17FN2O4S2. The number of carbonyl (C=O) groups excluding carboxylic acids is 1. The number of hydrogen-bond acceptors (Lipinski definition) is 5. The van der Waals surface area contributed by atoms with Gasteiger partial charge in [0.1, 0.15) is 4.21 Å². The van der Waals surface area contributed by atoms with Gasteiger partial charge in [-0.05, 0) is 23.6 Å². The second-order valence-corrected chi connectivity index (χ2v) is 8.55. The van der Waals surface area contributed by atoms with Gasteiger partial charge in [0.15, 0.2) is 18.2 Å². The fraction of sp³-hybridized carbons (Fsp3) is 0.312. The summed E-state index contributed by atoms with van der Waals surface area (Å²) in [5, 5.41) is 1.71. The average Bonchev–Trinajstić information content (AvgIpc) is 3.16. The highest BCUT2D eigenvalue weighted by atomic mass is 32.2. The van der Waals surface area contributed by atoms with Crippen molar-refractivity contribution in [2.75, 3.05) is 32.8 Å². The zero-order chi connectivity index (χ0) is 17.9. The number of sulfonamides is 1. The molecule has 0 aliphatic carbocycles. The number of hydrogen-bond donors (Lipinski definition) is 0. The lowest BCUT2D eigenvalue weighted by Crippen LogP contribution is -2.51. The summed E-state index contributed by atoms with van der Waals surface area (Å²) in [4.78, 5) is 13.7. The van der Waals surface area contributed by atoms with Crippen LogP contribution in [0.1, 0.15) is 0 Å². The first-order valence-electron chi connectivity index (χ1n) is 7.67. The van der Waals surface area contributed by atoms with Crippen molar-refractivity contribution in [1.29, 1.82) is 0 Å². The van der Waals surface area contributed by atoms with Crippen LogP contribution in [0, 0.1) is 5.82 Å². The Morgan fingerprint density at radius 2 is 1.84 bits per heavy atom. The molecule has 2 aromatic rings. The lowest BCUT2D eigenvalue weighted by Gasteiger charge is -2.33. The Kier molecular flexibility index (Phi) is 5.36. The summed E-state index contributed by atoms with van der Waals surface area (Å²) in [6, 6.07) is 9.13. The summed E-state index contributed by atoms with van der Waals surface area (Å²) in [6.45, 7) is 0.740. The number of thiophene rings is 1. The van der Waals surface area contributed by atoms with E-state index in [1.165, 1.54) is 38.7 Å². The van der Waals surface area contributed by atoms with Crippen molar-refractivity contribution in [1.82, 2.24) is 9.21 Å². The van der Waals surface area contributed by atoms with Crippen molar-refractivity contribution in [2.45, 2.75) is 4.21 Å². The van der Waals surface area contributed by atoms with Crippen LogP contribution in [0.3, 0.4) is 0 Å². The highest BCUT2D eigenvalue weighted by Gasteiger charge is 2.30. The molecule has 2 heterocycles. The quantitative estimate of drug-likeness (QED) is 0.788. The van der Waals surface area contributed by atoms with E-state index in [-0.39, 0.29) is 44.4 Å². The Bertz CT molecular complexity index is 832. The SMILES string of the molecule is O=C(COc1ccccc1F)N1CCN(S(=O)(=O)c2cccs2)CC1. The van der Waals surface area contributed by atoms with E-state index in [9.17, 15) is 17.6 Å². The molecule has 6 nitrogen and oxygen atoms in total. The smallest absolute Gasteiger partial charge is 0.260 e. The van der Waals surface area contributed by atoms with Gasteiger partial charge in [0.05, 0.1) is 0 Å². The molecule has 1 saturated heterocycles. The van der Waals surface area contributed by atoms with Crippen LogP contribution in [-0.4, -0.2) is 56.3 Å². The van der Waals surface area contributed by atoms with Crippen molar-refractivity contribution in [3.05, 3.63) is 47.6 Å². The molecule has 1 fully saturated rings. The van der Waals surface area contributed by atoms with Crippen molar-refractivity contribution in [3.63, 3.8) is 0 Å².